The quantitative estimate of drug-likeness (QED) is 0.744. The van der Waals surface area contributed by atoms with E-state index < -0.39 is 0 Å². The Hall–Kier alpha value is -2.28. The molecule has 7 nitrogen and oxygen atoms in total. The number of aryl methyl sites for hydroxylation is 1. The van der Waals surface area contributed by atoms with Gasteiger partial charge in [0.05, 0.1) is 0 Å². The van der Waals surface area contributed by atoms with E-state index in [1.54, 1.807) is 12.4 Å². The molecule has 2 aromatic rings. The lowest BCUT2D eigenvalue weighted by molar-refractivity contribution is -0.130. The Morgan fingerprint density at radius 2 is 2.04 bits per heavy atom. The zero-order valence-corrected chi connectivity index (χ0v) is 16.6. The van der Waals surface area contributed by atoms with E-state index in [1.807, 2.05) is 17.0 Å². The first-order chi connectivity index (χ1) is 13.0. The van der Waals surface area contributed by atoms with E-state index in [0.717, 1.165) is 18.7 Å². The molecule has 0 spiro atoms. The van der Waals surface area contributed by atoms with Crippen molar-refractivity contribution in [2.75, 3.05) is 27.2 Å². The maximum absolute atomic E-state index is 12.6. The van der Waals surface area contributed by atoms with Crippen LogP contribution >= 0.6 is 0 Å². The van der Waals surface area contributed by atoms with Gasteiger partial charge in [-0.1, -0.05) is 19.0 Å². The molecular formula is C20H29N5O2. The molecule has 7 heteroatoms. The van der Waals surface area contributed by atoms with Crippen LogP contribution in [0, 0.1) is 11.8 Å². The molecule has 0 radical (unpaired) electrons. The SMILES string of the molecule is CC(C)[C@@H]1CN(C(=O)CCCc2nc(-c3ccncc3)no2)C[C@H]1N(C)C. The lowest BCUT2D eigenvalue weighted by Gasteiger charge is -2.27. The number of rotatable bonds is 7. The molecule has 3 heterocycles. The first-order valence-electron chi connectivity index (χ1n) is 9.63. The van der Waals surface area contributed by atoms with Gasteiger partial charge in [0.2, 0.25) is 17.6 Å². The molecule has 0 aromatic carbocycles. The number of likely N-dealkylation sites (N-methyl/N-ethyl adjacent to an activating group) is 1. The summed E-state index contributed by atoms with van der Waals surface area (Å²) >= 11 is 0. The topological polar surface area (TPSA) is 75.4 Å². The normalized spacial score (nSPS) is 20.0. The van der Waals surface area contributed by atoms with Gasteiger partial charge in [-0.25, -0.2) is 0 Å². The molecule has 0 N–H and O–H groups in total. The van der Waals surface area contributed by atoms with Crippen LogP contribution in [-0.2, 0) is 11.2 Å². The number of pyridine rings is 1. The van der Waals surface area contributed by atoms with Gasteiger partial charge in [0.1, 0.15) is 0 Å². The first kappa shape index (κ1) is 19.5. The van der Waals surface area contributed by atoms with Gasteiger partial charge in [-0.3, -0.25) is 9.78 Å². The molecule has 0 saturated carbocycles. The fourth-order valence-electron chi connectivity index (χ4n) is 3.74. The highest BCUT2D eigenvalue weighted by atomic mass is 16.5. The van der Waals surface area contributed by atoms with Crippen molar-refractivity contribution in [3.63, 3.8) is 0 Å². The molecule has 146 valence electrons. The summed E-state index contributed by atoms with van der Waals surface area (Å²) in [5, 5.41) is 4.01. The summed E-state index contributed by atoms with van der Waals surface area (Å²) in [4.78, 5) is 25.3. The fourth-order valence-corrected chi connectivity index (χ4v) is 3.74. The largest absolute Gasteiger partial charge is 0.341 e. The Bertz CT molecular complexity index is 728. The second-order valence-corrected chi connectivity index (χ2v) is 7.84. The maximum atomic E-state index is 12.6. The summed E-state index contributed by atoms with van der Waals surface area (Å²) in [6.45, 7) is 6.16. The highest BCUT2D eigenvalue weighted by Crippen LogP contribution is 2.27. The van der Waals surface area contributed by atoms with Crippen LogP contribution in [0.25, 0.3) is 11.4 Å². The zero-order chi connectivity index (χ0) is 19.4. The van der Waals surface area contributed by atoms with Crippen LogP contribution in [0.5, 0.6) is 0 Å². The number of nitrogens with zero attached hydrogens (tertiary/aromatic N) is 5. The van der Waals surface area contributed by atoms with E-state index in [9.17, 15) is 4.79 Å². The molecule has 1 amide bonds. The number of hydrogen-bond acceptors (Lipinski definition) is 6. The number of likely N-dealkylation sites (tertiary alicyclic amines) is 1. The van der Waals surface area contributed by atoms with Crippen molar-refractivity contribution in [3.05, 3.63) is 30.4 Å². The molecule has 0 bridgehead atoms. The highest BCUT2D eigenvalue weighted by Gasteiger charge is 2.37. The van der Waals surface area contributed by atoms with Crippen LogP contribution in [0.3, 0.4) is 0 Å². The number of aromatic nitrogens is 3. The minimum atomic E-state index is 0.221. The Morgan fingerprint density at radius 3 is 2.67 bits per heavy atom. The van der Waals surface area contributed by atoms with E-state index in [-0.39, 0.29) is 5.91 Å². The van der Waals surface area contributed by atoms with E-state index in [2.05, 4.69) is 48.0 Å². The van der Waals surface area contributed by atoms with Crippen molar-refractivity contribution in [1.82, 2.24) is 24.9 Å². The molecule has 2 aromatic heterocycles. The smallest absolute Gasteiger partial charge is 0.226 e. The van der Waals surface area contributed by atoms with Crippen molar-refractivity contribution >= 4 is 5.91 Å². The van der Waals surface area contributed by atoms with Crippen molar-refractivity contribution < 1.29 is 9.32 Å². The monoisotopic (exact) mass is 371 g/mol. The first-order valence-corrected chi connectivity index (χ1v) is 9.63. The number of hydrogen-bond donors (Lipinski definition) is 0. The third kappa shape index (κ3) is 4.71. The summed E-state index contributed by atoms with van der Waals surface area (Å²) in [5.41, 5.74) is 0.877. The van der Waals surface area contributed by atoms with Gasteiger partial charge in [0.25, 0.3) is 0 Å². The Morgan fingerprint density at radius 1 is 1.30 bits per heavy atom. The van der Waals surface area contributed by atoms with Crippen LogP contribution in [-0.4, -0.2) is 64.1 Å². The summed E-state index contributed by atoms with van der Waals surface area (Å²) in [5.74, 6) is 2.45. The average molecular weight is 371 g/mol. The second-order valence-electron chi connectivity index (χ2n) is 7.84. The molecular weight excluding hydrogens is 342 g/mol. The van der Waals surface area contributed by atoms with Crippen LogP contribution in [0.15, 0.2) is 29.0 Å². The van der Waals surface area contributed by atoms with Gasteiger partial charge in [-0.2, -0.15) is 4.98 Å². The maximum Gasteiger partial charge on any atom is 0.226 e. The third-order valence-corrected chi connectivity index (χ3v) is 5.39. The second kappa shape index (κ2) is 8.61. The number of amides is 1. The molecule has 1 aliphatic heterocycles. The molecule has 1 aliphatic rings. The lowest BCUT2D eigenvalue weighted by atomic mass is 9.91. The molecule has 0 aliphatic carbocycles. The predicted octanol–water partition coefficient (Wildman–Crippen LogP) is 2.50. The molecule has 27 heavy (non-hydrogen) atoms. The number of carbonyl (C=O) groups is 1. The lowest BCUT2D eigenvalue weighted by Crippen LogP contribution is -2.37. The van der Waals surface area contributed by atoms with Crippen molar-refractivity contribution in [3.8, 4) is 11.4 Å². The molecule has 2 atom stereocenters. The van der Waals surface area contributed by atoms with Crippen molar-refractivity contribution in [2.45, 2.75) is 39.2 Å². The van der Waals surface area contributed by atoms with Crippen LogP contribution < -0.4 is 0 Å². The zero-order valence-electron chi connectivity index (χ0n) is 16.6. The van der Waals surface area contributed by atoms with Gasteiger partial charge in [0, 0.05) is 49.9 Å². The van der Waals surface area contributed by atoms with Gasteiger partial charge in [0.15, 0.2) is 0 Å². The Labute approximate surface area is 160 Å². The average Bonchev–Trinajstić information content (AvgIpc) is 3.30. The van der Waals surface area contributed by atoms with Gasteiger partial charge in [-0.15, -0.1) is 0 Å². The minimum Gasteiger partial charge on any atom is -0.341 e. The standard InChI is InChI=1S/C20H29N5O2/c1-14(2)16-12-25(13-17(16)24(3)4)19(26)7-5-6-18-22-20(23-27-18)15-8-10-21-11-9-15/h8-11,14,16-17H,5-7,12-13H2,1-4H3/t16-,17+/m0/s1. The van der Waals surface area contributed by atoms with E-state index >= 15 is 0 Å². The summed E-state index contributed by atoms with van der Waals surface area (Å²) in [6.07, 6.45) is 5.24. The molecule has 1 saturated heterocycles. The molecule has 1 fully saturated rings. The number of carbonyl (C=O) groups excluding carboxylic acids is 1. The molecule has 3 rings (SSSR count). The van der Waals surface area contributed by atoms with Crippen molar-refractivity contribution in [1.29, 1.82) is 0 Å². The van der Waals surface area contributed by atoms with E-state index in [4.69, 9.17) is 4.52 Å². The Balaban J connectivity index is 1.49. The van der Waals surface area contributed by atoms with Gasteiger partial charge >= 0.3 is 0 Å². The van der Waals surface area contributed by atoms with Crippen LogP contribution in [0.1, 0.15) is 32.6 Å². The van der Waals surface area contributed by atoms with Crippen LogP contribution in [0.4, 0.5) is 0 Å². The minimum absolute atomic E-state index is 0.221. The predicted molar refractivity (Wildman–Crippen MR) is 103 cm³/mol. The van der Waals surface area contributed by atoms with E-state index in [1.165, 1.54) is 0 Å². The summed E-state index contributed by atoms with van der Waals surface area (Å²) in [6, 6.07) is 4.13. The van der Waals surface area contributed by atoms with Crippen LogP contribution in [0.2, 0.25) is 0 Å². The summed E-state index contributed by atoms with van der Waals surface area (Å²) in [7, 11) is 4.20. The third-order valence-electron chi connectivity index (χ3n) is 5.39. The fraction of sp³-hybridized carbons (Fsp3) is 0.600. The van der Waals surface area contributed by atoms with Gasteiger partial charge < -0.3 is 14.3 Å². The van der Waals surface area contributed by atoms with Crippen molar-refractivity contribution in [2.24, 2.45) is 11.8 Å². The van der Waals surface area contributed by atoms with Gasteiger partial charge in [-0.05, 0) is 44.5 Å². The Kier molecular flexibility index (Phi) is 6.21. The highest BCUT2D eigenvalue weighted by molar-refractivity contribution is 5.76. The van der Waals surface area contributed by atoms with E-state index in [0.29, 0.717) is 48.9 Å². The molecule has 0 unspecified atom stereocenters. The summed E-state index contributed by atoms with van der Waals surface area (Å²) < 4.78 is 5.31.